The van der Waals surface area contributed by atoms with E-state index in [-0.39, 0.29) is 6.04 Å². The molecule has 102 valence electrons. The van der Waals surface area contributed by atoms with E-state index in [1.54, 1.807) is 19.6 Å². The highest BCUT2D eigenvalue weighted by Gasteiger charge is 2.08. The van der Waals surface area contributed by atoms with E-state index in [9.17, 15) is 4.21 Å². The van der Waals surface area contributed by atoms with E-state index in [0.717, 1.165) is 22.3 Å². The zero-order valence-electron chi connectivity index (χ0n) is 11.3. The van der Waals surface area contributed by atoms with Gasteiger partial charge in [-0.3, -0.25) is 4.21 Å². The van der Waals surface area contributed by atoms with E-state index in [4.69, 9.17) is 4.74 Å². The Morgan fingerprint density at radius 3 is 2.89 bits per heavy atom. The maximum Gasteiger partial charge on any atom is 0.134 e. The molecule has 0 saturated heterocycles. The molecule has 0 radical (unpaired) electrons. The van der Waals surface area contributed by atoms with Crippen LogP contribution in [-0.4, -0.2) is 34.4 Å². The van der Waals surface area contributed by atoms with Gasteiger partial charge in [-0.15, -0.1) is 0 Å². The minimum atomic E-state index is -0.824. The summed E-state index contributed by atoms with van der Waals surface area (Å²) in [7, 11) is 0.822. The number of rotatable bonds is 5. The standard InChI is InChI=1S/C14H18N2O2S/c1-10(9-19(3)17)16-14-13-8-12(18-2)5-4-11(13)6-7-15-14/h4-8,10H,9H2,1-3H3,(H,15,16). The molecule has 1 N–H and O–H groups in total. The lowest BCUT2D eigenvalue weighted by atomic mass is 10.1. The zero-order chi connectivity index (χ0) is 13.8. The van der Waals surface area contributed by atoms with Crippen LogP contribution in [0.15, 0.2) is 30.5 Å². The summed E-state index contributed by atoms with van der Waals surface area (Å²) in [6.45, 7) is 2.00. The van der Waals surface area contributed by atoms with Crippen LogP contribution < -0.4 is 10.1 Å². The van der Waals surface area contributed by atoms with Crippen molar-refractivity contribution in [1.82, 2.24) is 4.98 Å². The van der Waals surface area contributed by atoms with Gasteiger partial charge in [0.2, 0.25) is 0 Å². The first kappa shape index (κ1) is 13.8. The highest BCUT2D eigenvalue weighted by molar-refractivity contribution is 7.84. The van der Waals surface area contributed by atoms with E-state index in [0.29, 0.717) is 5.75 Å². The number of fused-ring (bicyclic) bond motifs is 1. The van der Waals surface area contributed by atoms with Crippen LogP contribution >= 0.6 is 0 Å². The third-order valence-electron chi connectivity index (χ3n) is 2.84. The van der Waals surface area contributed by atoms with Crippen molar-refractivity contribution in [2.75, 3.05) is 24.4 Å². The summed E-state index contributed by atoms with van der Waals surface area (Å²) in [5.74, 6) is 2.20. The molecule has 2 atom stereocenters. The molecular formula is C14H18N2O2S. The number of nitrogens with zero attached hydrogens (tertiary/aromatic N) is 1. The average molecular weight is 278 g/mol. The SMILES string of the molecule is COc1ccc2ccnc(NC(C)CS(C)=O)c2c1. The molecule has 0 bridgehead atoms. The van der Waals surface area contributed by atoms with Gasteiger partial charge in [-0.2, -0.15) is 0 Å². The molecule has 2 unspecified atom stereocenters. The van der Waals surface area contributed by atoms with Crippen LogP contribution in [0.25, 0.3) is 10.8 Å². The second-order valence-corrected chi connectivity index (χ2v) is 6.01. The van der Waals surface area contributed by atoms with Gasteiger partial charge >= 0.3 is 0 Å². The van der Waals surface area contributed by atoms with E-state index in [2.05, 4.69) is 10.3 Å². The van der Waals surface area contributed by atoms with E-state index in [1.165, 1.54) is 0 Å². The third-order valence-corrected chi connectivity index (χ3v) is 3.81. The van der Waals surface area contributed by atoms with Gasteiger partial charge in [-0.25, -0.2) is 4.98 Å². The van der Waals surface area contributed by atoms with Crippen LogP contribution in [0.2, 0.25) is 0 Å². The summed E-state index contributed by atoms with van der Waals surface area (Å²) in [6, 6.07) is 7.96. The van der Waals surface area contributed by atoms with Crippen molar-refractivity contribution in [1.29, 1.82) is 0 Å². The summed E-state index contributed by atoms with van der Waals surface area (Å²) < 4.78 is 16.5. The molecule has 1 aromatic heterocycles. The smallest absolute Gasteiger partial charge is 0.134 e. The molecular weight excluding hydrogens is 260 g/mol. The molecule has 5 heteroatoms. The van der Waals surface area contributed by atoms with E-state index in [1.807, 2.05) is 31.2 Å². The zero-order valence-corrected chi connectivity index (χ0v) is 12.2. The number of hydrogen-bond donors (Lipinski definition) is 1. The summed E-state index contributed by atoms with van der Waals surface area (Å²) in [4.78, 5) is 4.36. The van der Waals surface area contributed by atoms with Crippen molar-refractivity contribution in [2.45, 2.75) is 13.0 Å². The lowest BCUT2D eigenvalue weighted by Gasteiger charge is -2.15. The van der Waals surface area contributed by atoms with Crippen molar-refractivity contribution in [2.24, 2.45) is 0 Å². The summed E-state index contributed by atoms with van der Waals surface area (Å²) >= 11 is 0. The van der Waals surface area contributed by atoms with Crippen LogP contribution in [0.5, 0.6) is 5.75 Å². The maximum absolute atomic E-state index is 11.2. The second kappa shape index (κ2) is 6.02. The van der Waals surface area contributed by atoms with Crippen molar-refractivity contribution >= 4 is 27.4 Å². The Kier molecular flexibility index (Phi) is 4.37. The first-order valence-corrected chi connectivity index (χ1v) is 7.82. The minimum Gasteiger partial charge on any atom is -0.497 e. The number of pyridine rings is 1. The second-order valence-electron chi connectivity index (χ2n) is 4.53. The molecule has 19 heavy (non-hydrogen) atoms. The highest BCUT2D eigenvalue weighted by atomic mass is 32.2. The normalized spacial score (nSPS) is 14.1. The Hall–Kier alpha value is -1.62. The molecule has 1 heterocycles. The molecule has 2 rings (SSSR count). The molecule has 0 fully saturated rings. The number of methoxy groups -OCH3 is 1. The van der Waals surface area contributed by atoms with Crippen LogP contribution in [0, 0.1) is 0 Å². The monoisotopic (exact) mass is 278 g/mol. The number of ether oxygens (including phenoxy) is 1. The van der Waals surface area contributed by atoms with Gasteiger partial charge in [0, 0.05) is 40.4 Å². The van der Waals surface area contributed by atoms with Crippen molar-refractivity contribution in [3.63, 3.8) is 0 Å². The number of aromatic nitrogens is 1. The minimum absolute atomic E-state index is 0.107. The Morgan fingerprint density at radius 2 is 2.21 bits per heavy atom. The number of benzene rings is 1. The maximum atomic E-state index is 11.2. The Bertz CT molecular complexity index is 601. The quantitative estimate of drug-likeness (QED) is 0.912. The topological polar surface area (TPSA) is 51.2 Å². The molecule has 0 spiro atoms. The van der Waals surface area contributed by atoms with Crippen LogP contribution in [0.1, 0.15) is 6.92 Å². The van der Waals surface area contributed by atoms with Crippen molar-refractivity contribution < 1.29 is 8.95 Å². The van der Waals surface area contributed by atoms with Gasteiger partial charge in [0.15, 0.2) is 0 Å². The Labute approximate surface area is 115 Å². The number of hydrogen-bond acceptors (Lipinski definition) is 4. The highest BCUT2D eigenvalue weighted by Crippen LogP contribution is 2.26. The first-order chi connectivity index (χ1) is 9.10. The van der Waals surface area contributed by atoms with Crippen LogP contribution in [0.4, 0.5) is 5.82 Å². The van der Waals surface area contributed by atoms with Gasteiger partial charge in [-0.1, -0.05) is 6.07 Å². The fraction of sp³-hybridized carbons (Fsp3) is 0.357. The van der Waals surface area contributed by atoms with Gasteiger partial charge in [0.25, 0.3) is 0 Å². The number of nitrogens with one attached hydrogen (secondary N) is 1. The van der Waals surface area contributed by atoms with Crippen LogP contribution in [-0.2, 0) is 10.8 Å². The molecule has 0 amide bonds. The Morgan fingerprint density at radius 1 is 1.42 bits per heavy atom. The molecule has 0 saturated carbocycles. The predicted octanol–water partition coefficient (Wildman–Crippen LogP) is 2.42. The van der Waals surface area contributed by atoms with Gasteiger partial charge in [0.05, 0.1) is 7.11 Å². The summed E-state index contributed by atoms with van der Waals surface area (Å²) in [5.41, 5.74) is 0. The predicted molar refractivity (Wildman–Crippen MR) is 80.3 cm³/mol. The molecule has 1 aromatic carbocycles. The fourth-order valence-electron chi connectivity index (χ4n) is 2.02. The van der Waals surface area contributed by atoms with Crippen molar-refractivity contribution in [3.8, 4) is 5.75 Å². The van der Waals surface area contributed by atoms with Gasteiger partial charge in [0.1, 0.15) is 11.6 Å². The molecule has 0 aliphatic carbocycles. The largest absolute Gasteiger partial charge is 0.497 e. The summed E-state index contributed by atoms with van der Waals surface area (Å²) in [5, 5.41) is 5.42. The molecule has 4 nitrogen and oxygen atoms in total. The average Bonchev–Trinajstić information content (AvgIpc) is 2.37. The Balaban J connectivity index is 2.34. The van der Waals surface area contributed by atoms with Crippen LogP contribution in [0.3, 0.4) is 0 Å². The van der Waals surface area contributed by atoms with E-state index < -0.39 is 10.8 Å². The first-order valence-electron chi connectivity index (χ1n) is 6.09. The van der Waals surface area contributed by atoms with Gasteiger partial charge < -0.3 is 10.1 Å². The summed E-state index contributed by atoms with van der Waals surface area (Å²) in [6.07, 6.45) is 3.48. The third kappa shape index (κ3) is 3.44. The number of anilines is 1. The van der Waals surface area contributed by atoms with Crippen molar-refractivity contribution in [3.05, 3.63) is 30.5 Å². The molecule has 0 aliphatic rings. The lowest BCUT2D eigenvalue weighted by Crippen LogP contribution is -2.22. The lowest BCUT2D eigenvalue weighted by molar-refractivity contribution is 0.415. The molecule has 0 aliphatic heterocycles. The fourth-order valence-corrected chi connectivity index (χ4v) is 2.80. The van der Waals surface area contributed by atoms with E-state index >= 15 is 0 Å². The van der Waals surface area contributed by atoms with Gasteiger partial charge in [-0.05, 0) is 30.5 Å². The molecule has 2 aromatic rings.